The van der Waals surface area contributed by atoms with Crippen LogP contribution in [-0.4, -0.2) is 7.11 Å². The number of ether oxygens (including phenoxy) is 1. The minimum absolute atomic E-state index is 0.325. The Kier molecular flexibility index (Phi) is 4.10. The van der Waals surface area contributed by atoms with Gasteiger partial charge < -0.3 is 4.74 Å². The first-order valence-corrected chi connectivity index (χ1v) is 6.16. The lowest BCUT2D eigenvalue weighted by Gasteiger charge is -2.12. The lowest BCUT2D eigenvalue weighted by Crippen LogP contribution is -1.95. The molecule has 18 heavy (non-hydrogen) atoms. The lowest BCUT2D eigenvalue weighted by molar-refractivity contribution is 0.414. The summed E-state index contributed by atoms with van der Waals surface area (Å²) < 4.78 is 18.0. The van der Waals surface area contributed by atoms with Crippen molar-refractivity contribution in [1.82, 2.24) is 0 Å². The van der Waals surface area contributed by atoms with Crippen molar-refractivity contribution in [3.63, 3.8) is 0 Å². The van der Waals surface area contributed by atoms with Crippen LogP contribution in [0.25, 0.3) is 0 Å². The molecule has 0 fully saturated rings. The molecule has 0 saturated carbocycles. The zero-order chi connectivity index (χ0) is 13.1. The maximum absolute atomic E-state index is 13.0. The maximum Gasteiger partial charge on any atom is 0.124 e. The molecular formula is C14H11Cl2FO. The van der Waals surface area contributed by atoms with E-state index in [9.17, 15) is 4.39 Å². The highest BCUT2D eigenvalue weighted by Gasteiger charge is 2.14. The SMILES string of the molecule is COc1ccc(C(Cl)c2ccc(F)cc2Cl)cc1. The molecule has 0 aliphatic rings. The second kappa shape index (κ2) is 5.59. The molecule has 0 aliphatic carbocycles. The number of hydrogen-bond donors (Lipinski definition) is 0. The van der Waals surface area contributed by atoms with Crippen molar-refractivity contribution in [2.45, 2.75) is 5.38 Å². The summed E-state index contributed by atoms with van der Waals surface area (Å²) in [6.45, 7) is 0. The Labute approximate surface area is 115 Å². The normalized spacial score (nSPS) is 12.2. The Bertz CT molecular complexity index is 540. The minimum atomic E-state index is -0.413. The second-order valence-electron chi connectivity index (χ2n) is 3.80. The topological polar surface area (TPSA) is 9.23 Å². The molecule has 0 spiro atoms. The third-order valence-electron chi connectivity index (χ3n) is 2.64. The highest BCUT2D eigenvalue weighted by molar-refractivity contribution is 6.33. The minimum Gasteiger partial charge on any atom is -0.497 e. The van der Waals surface area contributed by atoms with Gasteiger partial charge in [-0.05, 0) is 35.4 Å². The van der Waals surface area contributed by atoms with E-state index in [-0.39, 0.29) is 5.82 Å². The van der Waals surface area contributed by atoms with E-state index in [0.717, 1.165) is 11.3 Å². The molecule has 0 aromatic heterocycles. The summed E-state index contributed by atoms with van der Waals surface area (Å²) in [4.78, 5) is 0. The fourth-order valence-electron chi connectivity index (χ4n) is 1.66. The smallest absolute Gasteiger partial charge is 0.124 e. The second-order valence-corrected chi connectivity index (χ2v) is 4.65. The number of alkyl halides is 1. The van der Waals surface area contributed by atoms with Crippen LogP contribution in [-0.2, 0) is 0 Å². The molecular weight excluding hydrogens is 274 g/mol. The zero-order valence-electron chi connectivity index (χ0n) is 9.66. The summed E-state index contributed by atoms with van der Waals surface area (Å²) in [5, 5.41) is -0.0881. The van der Waals surface area contributed by atoms with Gasteiger partial charge in [0.1, 0.15) is 11.6 Å². The molecule has 0 saturated heterocycles. The van der Waals surface area contributed by atoms with Gasteiger partial charge in [-0.15, -0.1) is 11.6 Å². The molecule has 1 nitrogen and oxygen atoms in total. The third kappa shape index (κ3) is 2.77. The maximum atomic E-state index is 13.0. The van der Waals surface area contributed by atoms with E-state index in [1.54, 1.807) is 13.2 Å². The van der Waals surface area contributed by atoms with Crippen LogP contribution in [0.3, 0.4) is 0 Å². The standard InChI is InChI=1S/C14H11Cl2FO/c1-18-11-5-2-9(3-6-11)14(16)12-7-4-10(17)8-13(12)15/h2-8,14H,1H3. The van der Waals surface area contributed by atoms with E-state index in [0.29, 0.717) is 10.6 Å². The molecule has 0 heterocycles. The van der Waals surface area contributed by atoms with Gasteiger partial charge in [0.25, 0.3) is 0 Å². The lowest BCUT2D eigenvalue weighted by atomic mass is 10.0. The molecule has 0 aliphatic heterocycles. The molecule has 2 rings (SSSR count). The van der Waals surface area contributed by atoms with E-state index in [2.05, 4.69) is 0 Å². The molecule has 0 N–H and O–H groups in total. The van der Waals surface area contributed by atoms with E-state index in [1.807, 2.05) is 24.3 Å². The van der Waals surface area contributed by atoms with Crippen LogP contribution in [0.15, 0.2) is 42.5 Å². The largest absolute Gasteiger partial charge is 0.497 e. The molecule has 2 aromatic carbocycles. The Balaban J connectivity index is 2.31. The van der Waals surface area contributed by atoms with Crippen molar-refractivity contribution >= 4 is 23.2 Å². The molecule has 4 heteroatoms. The van der Waals surface area contributed by atoms with Crippen molar-refractivity contribution in [2.24, 2.45) is 0 Å². The van der Waals surface area contributed by atoms with E-state index >= 15 is 0 Å². The highest BCUT2D eigenvalue weighted by atomic mass is 35.5. The number of benzene rings is 2. The molecule has 0 radical (unpaired) electrons. The number of halogens is 3. The first kappa shape index (κ1) is 13.2. The fraction of sp³-hybridized carbons (Fsp3) is 0.143. The van der Waals surface area contributed by atoms with Gasteiger partial charge in [-0.2, -0.15) is 0 Å². The van der Waals surface area contributed by atoms with Crippen molar-refractivity contribution < 1.29 is 9.13 Å². The van der Waals surface area contributed by atoms with Crippen LogP contribution in [0.4, 0.5) is 4.39 Å². The van der Waals surface area contributed by atoms with E-state index in [1.165, 1.54) is 12.1 Å². The van der Waals surface area contributed by atoms with Crippen LogP contribution in [0.2, 0.25) is 5.02 Å². The van der Waals surface area contributed by atoms with Crippen molar-refractivity contribution in [2.75, 3.05) is 7.11 Å². The summed E-state index contributed by atoms with van der Waals surface area (Å²) in [6, 6.07) is 11.6. The highest BCUT2D eigenvalue weighted by Crippen LogP contribution is 2.34. The van der Waals surface area contributed by atoms with Gasteiger partial charge in [-0.25, -0.2) is 4.39 Å². The molecule has 1 atom stereocenters. The van der Waals surface area contributed by atoms with Crippen molar-refractivity contribution in [3.8, 4) is 5.75 Å². The Morgan fingerprint density at radius 1 is 1.11 bits per heavy atom. The average Bonchev–Trinajstić information content (AvgIpc) is 2.38. The average molecular weight is 285 g/mol. The quantitative estimate of drug-likeness (QED) is 0.735. The van der Waals surface area contributed by atoms with Gasteiger partial charge in [0.05, 0.1) is 12.5 Å². The summed E-state index contributed by atoms with van der Waals surface area (Å²) in [7, 11) is 1.60. The van der Waals surface area contributed by atoms with Crippen LogP contribution in [0.5, 0.6) is 5.75 Å². The first-order chi connectivity index (χ1) is 8.61. The predicted octanol–water partition coefficient (Wildman–Crippen LogP) is 4.82. The van der Waals surface area contributed by atoms with Gasteiger partial charge in [0.2, 0.25) is 0 Å². The van der Waals surface area contributed by atoms with Gasteiger partial charge in [-0.3, -0.25) is 0 Å². The Morgan fingerprint density at radius 3 is 2.33 bits per heavy atom. The molecule has 1 unspecified atom stereocenters. The van der Waals surface area contributed by atoms with Crippen LogP contribution < -0.4 is 4.74 Å². The van der Waals surface area contributed by atoms with Gasteiger partial charge in [-0.1, -0.05) is 29.8 Å². The summed E-state index contributed by atoms with van der Waals surface area (Å²) in [5.74, 6) is 0.384. The number of rotatable bonds is 3. The van der Waals surface area contributed by atoms with Crippen molar-refractivity contribution in [1.29, 1.82) is 0 Å². The van der Waals surface area contributed by atoms with E-state index in [4.69, 9.17) is 27.9 Å². The van der Waals surface area contributed by atoms with Gasteiger partial charge in [0.15, 0.2) is 0 Å². The predicted molar refractivity (Wildman–Crippen MR) is 72.1 cm³/mol. The van der Waals surface area contributed by atoms with Crippen molar-refractivity contribution in [3.05, 3.63) is 64.4 Å². The van der Waals surface area contributed by atoms with Gasteiger partial charge in [0, 0.05) is 5.02 Å². The number of methoxy groups -OCH3 is 1. The fourth-order valence-corrected chi connectivity index (χ4v) is 2.33. The molecule has 0 bridgehead atoms. The molecule has 0 amide bonds. The monoisotopic (exact) mass is 284 g/mol. The number of hydrogen-bond acceptors (Lipinski definition) is 1. The molecule has 94 valence electrons. The van der Waals surface area contributed by atoms with Crippen LogP contribution >= 0.6 is 23.2 Å². The van der Waals surface area contributed by atoms with Crippen LogP contribution in [0.1, 0.15) is 16.5 Å². The first-order valence-electron chi connectivity index (χ1n) is 5.35. The summed E-state index contributed by atoms with van der Waals surface area (Å²) >= 11 is 12.3. The third-order valence-corrected chi connectivity index (χ3v) is 3.46. The van der Waals surface area contributed by atoms with Crippen LogP contribution in [0, 0.1) is 5.82 Å². The molecule has 2 aromatic rings. The van der Waals surface area contributed by atoms with E-state index < -0.39 is 5.38 Å². The Hall–Kier alpha value is -1.25. The Morgan fingerprint density at radius 2 is 1.78 bits per heavy atom. The summed E-state index contributed by atoms with van der Waals surface area (Å²) in [5.41, 5.74) is 1.57. The zero-order valence-corrected chi connectivity index (χ0v) is 11.2. The summed E-state index contributed by atoms with van der Waals surface area (Å²) in [6.07, 6.45) is 0. The van der Waals surface area contributed by atoms with Gasteiger partial charge >= 0.3 is 0 Å².